The van der Waals surface area contributed by atoms with Gasteiger partial charge in [-0.15, -0.1) is 11.3 Å². The number of ether oxygens (including phenoxy) is 3. The van der Waals surface area contributed by atoms with Gasteiger partial charge in [0.15, 0.2) is 10.8 Å². The zero-order chi connectivity index (χ0) is 33.3. The summed E-state index contributed by atoms with van der Waals surface area (Å²) in [4.78, 5) is 57.1. The predicted molar refractivity (Wildman–Crippen MR) is 178 cm³/mol. The Bertz CT molecular complexity index is 1690. The molecule has 12 heteroatoms. The molecule has 1 N–H and O–H groups in total. The Kier molecular flexibility index (Phi) is 9.50. The van der Waals surface area contributed by atoms with Crippen LogP contribution in [-0.4, -0.2) is 76.6 Å². The number of aromatic nitrogens is 3. The van der Waals surface area contributed by atoms with E-state index >= 15 is 0 Å². The zero-order valence-electron chi connectivity index (χ0n) is 27.7. The molecule has 3 aliphatic rings. The topological polar surface area (TPSA) is 133 Å². The van der Waals surface area contributed by atoms with Crippen LogP contribution >= 0.6 is 11.3 Å². The number of esters is 1. The van der Waals surface area contributed by atoms with Gasteiger partial charge >= 0.3 is 5.97 Å². The second-order valence-corrected chi connectivity index (χ2v) is 13.9. The van der Waals surface area contributed by atoms with Gasteiger partial charge in [-0.05, 0) is 63.5 Å². The summed E-state index contributed by atoms with van der Waals surface area (Å²) in [6.07, 6.45) is 7.33. The van der Waals surface area contributed by atoms with Crippen LogP contribution in [0.2, 0.25) is 0 Å². The number of hydrogen-bond donors (Lipinski definition) is 1. The highest BCUT2D eigenvalue weighted by molar-refractivity contribution is 7.13. The first-order valence-corrected chi connectivity index (χ1v) is 17.4. The van der Waals surface area contributed by atoms with Gasteiger partial charge in [-0.2, -0.15) is 4.98 Å². The van der Waals surface area contributed by atoms with Gasteiger partial charge in [0.25, 0.3) is 0 Å². The molecule has 2 amide bonds. The number of rotatable bonds is 7. The van der Waals surface area contributed by atoms with Gasteiger partial charge < -0.3 is 24.4 Å². The maximum atomic E-state index is 14.0. The zero-order valence-corrected chi connectivity index (χ0v) is 28.5. The van der Waals surface area contributed by atoms with Crippen molar-refractivity contribution in [2.75, 3.05) is 27.3 Å². The summed E-state index contributed by atoms with van der Waals surface area (Å²) in [6.45, 7) is 6.76. The highest BCUT2D eigenvalue weighted by atomic mass is 32.1. The van der Waals surface area contributed by atoms with Gasteiger partial charge in [-0.25, -0.2) is 14.8 Å². The molecule has 250 valence electrons. The third-order valence-electron chi connectivity index (χ3n) is 9.49. The maximum absolute atomic E-state index is 14.0. The van der Waals surface area contributed by atoms with Crippen molar-refractivity contribution in [1.29, 1.82) is 0 Å². The second kappa shape index (κ2) is 13.6. The van der Waals surface area contributed by atoms with Crippen LogP contribution < -0.4 is 14.8 Å². The predicted octanol–water partition coefficient (Wildman–Crippen LogP) is 5.30. The molecule has 1 unspecified atom stereocenters. The lowest BCUT2D eigenvalue weighted by molar-refractivity contribution is -0.150. The molecule has 11 nitrogen and oxygen atoms in total. The van der Waals surface area contributed by atoms with Crippen molar-refractivity contribution in [3.05, 3.63) is 41.4 Å². The van der Waals surface area contributed by atoms with Crippen LogP contribution in [0.15, 0.2) is 35.7 Å². The van der Waals surface area contributed by atoms with E-state index in [0.29, 0.717) is 59.2 Å². The van der Waals surface area contributed by atoms with Crippen molar-refractivity contribution in [2.45, 2.75) is 76.9 Å². The van der Waals surface area contributed by atoms with E-state index in [4.69, 9.17) is 29.2 Å². The fourth-order valence-corrected chi connectivity index (χ4v) is 7.55. The molecule has 0 radical (unpaired) electrons. The first kappa shape index (κ1) is 32.9. The number of carbonyl (C=O) groups is 3. The Hall–Kier alpha value is -4.06. The fraction of sp³-hybridized carbons (Fsp3) is 0.543. The highest BCUT2D eigenvalue weighted by Gasteiger charge is 2.62. The fourth-order valence-electron chi connectivity index (χ4n) is 6.64. The van der Waals surface area contributed by atoms with Gasteiger partial charge in [0, 0.05) is 31.0 Å². The van der Waals surface area contributed by atoms with Crippen LogP contribution in [0, 0.1) is 17.8 Å². The van der Waals surface area contributed by atoms with E-state index in [1.54, 1.807) is 26.0 Å². The Morgan fingerprint density at radius 2 is 1.96 bits per heavy atom. The molecule has 0 saturated heterocycles. The van der Waals surface area contributed by atoms with E-state index in [0.717, 1.165) is 25.0 Å². The number of allylic oxidation sites excluding steroid dienone is 1. The van der Waals surface area contributed by atoms with Crippen molar-refractivity contribution in [2.24, 2.45) is 17.8 Å². The number of nitrogens with zero attached hydrogens (tertiary/aromatic N) is 4. The van der Waals surface area contributed by atoms with Crippen LogP contribution in [0.3, 0.4) is 0 Å². The van der Waals surface area contributed by atoms with E-state index < -0.39 is 29.4 Å². The molecule has 2 fully saturated rings. The molecule has 5 atom stereocenters. The molecular weight excluding hydrogens is 618 g/mol. The summed E-state index contributed by atoms with van der Waals surface area (Å²) < 4.78 is 17.5. The quantitative estimate of drug-likeness (QED) is 0.265. The van der Waals surface area contributed by atoms with Crippen molar-refractivity contribution >= 4 is 40.0 Å². The molecule has 6 rings (SSSR count). The van der Waals surface area contributed by atoms with Gasteiger partial charge in [0.05, 0.1) is 42.1 Å². The number of methoxy groups -OCH3 is 1. The lowest BCUT2D eigenvalue weighted by Crippen LogP contribution is -2.50. The Balaban J connectivity index is 1.32. The van der Waals surface area contributed by atoms with Crippen molar-refractivity contribution < 1.29 is 28.6 Å². The largest absolute Gasteiger partial charge is 0.497 e. The molecule has 2 saturated carbocycles. The average Bonchev–Trinajstić information content (AvgIpc) is 3.36. The van der Waals surface area contributed by atoms with Crippen molar-refractivity contribution in [3.8, 4) is 22.5 Å². The number of nitrogens with one attached hydrogen (secondary N) is 1. The summed E-state index contributed by atoms with van der Waals surface area (Å²) >= 11 is 1.47. The Morgan fingerprint density at radius 1 is 1.15 bits per heavy atom. The molecule has 0 spiro atoms. The summed E-state index contributed by atoms with van der Waals surface area (Å²) in [5.41, 5.74) is 0.493. The summed E-state index contributed by atoms with van der Waals surface area (Å²) in [6, 6.07) is 5.51. The van der Waals surface area contributed by atoms with E-state index in [2.05, 4.69) is 25.2 Å². The minimum absolute atomic E-state index is 0.0941. The summed E-state index contributed by atoms with van der Waals surface area (Å²) in [7, 11) is 3.40. The van der Waals surface area contributed by atoms with E-state index in [-0.39, 0.29) is 30.3 Å². The Labute approximate surface area is 279 Å². The monoisotopic (exact) mass is 661 g/mol. The van der Waals surface area contributed by atoms with Gasteiger partial charge in [-0.1, -0.05) is 26.0 Å². The number of fused-ring (bicyclic) bond motifs is 3. The van der Waals surface area contributed by atoms with E-state index in [1.807, 2.05) is 29.7 Å². The lowest BCUT2D eigenvalue weighted by Gasteiger charge is -2.26. The molecule has 3 heterocycles. The van der Waals surface area contributed by atoms with Crippen LogP contribution in [0.25, 0.3) is 21.7 Å². The first-order chi connectivity index (χ1) is 22.6. The standard InChI is InChI=1S/C35H43N5O6S/c1-6-45-34(43)35-18-21(35)11-9-7-8-10-14-40(4)33(42)26-16-23(15-25(26)30(41)39-35)46-31-24-13-12-22(44-5)17-27(24)36-29(38-31)32-37-28(19-47-32)20(2)3/h9,11-13,17,19-21,23,25-26H,6-8,10,14-16,18H2,1-5H3,(H,39,41)/b11-9-/t21-,23+,25+,26+,35?/m0/s1. The number of benzene rings is 1. The van der Waals surface area contributed by atoms with Crippen LogP contribution in [0.1, 0.15) is 70.9 Å². The minimum Gasteiger partial charge on any atom is -0.497 e. The van der Waals surface area contributed by atoms with Gasteiger partial charge in [0.1, 0.15) is 17.4 Å². The summed E-state index contributed by atoms with van der Waals surface area (Å²) in [5.74, 6) is -0.581. The molecule has 3 aromatic rings. The molecule has 2 aromatic heterocycles. The summed E-state index contributed by atoms with van der Waals surface area (Å²) in [5, 5.41) is 6.42. The van der Waals surface area contributed by atoms with Crippen LogP contribution in [0.5, 0.6) is 11.6 Å². The minimum atomic E-state index is -1.11. The SMILES string of the molecule is CCOC(=O)C12C[C@@H]1/C=C\CCCCN(C)C(=O)[C@@H]1C[C@H](Oc3nc(-c4nc(C(C)C)cs4)nc4cc(OC)ccc34)C[C@H]1C(=O)N2. The van der Waals surface area contributed by atoms with Crippen LogP contribution in [0.4, 0.5) is 0 Å². The Morgan fingerprint density at radius 3 is 2.70 bits per heavy atom. The van der Waals surface area contributed by atoms with Crippen molar-refractivity contribution in [3.63, 3.8) is 0 Å². The van der Waals surface area contributed by atoms with Gasteiger partial charge in [0.2, 0.25) is 17.7 Å². The number of hydrogen-bond acceptors (Lipinski definition) is 10. The molecule has 1 aromatic carbocycles. The third kappa shape index (κ3) is 6.70. The van der Waals surface area contributed by atoms with Crippen molar-refractivity contribution in [1.82, 2.24) is 25.2 Å². The molecule has 47 heavy (non-hydrogen) atoms. The second-order valence-electron chi connectivity index (χ2n) is 13.1. The average molecular weight is 662 g/mol. The number of thiazole rings is 1. The maximum Gasteiger partial charge on any atom is 0.332 e. The van der Waals surface area contributed by atoms with Crippen LogP contribution in [-0.2, 0) is 19.1 Å². The highest BCUT2D eigenvalue weighted by Crippen LogP contribution is 2.47. The third-order valence-corrected chi connectivity index (χ3v) is 10.3. The first-order valence-electron chi connectivity index (χ1n) is 16.5. The molecule has 2 aliphatic carbocycles. The van der Waals surface area contributed by atoms with E-state index in [9.17, 15) is 14.4 Å². The lowest BCUT2D eigenvalue weighted by atomic mass is 9.93. The number of amides is 2. The normalized spacial score (nSPS) is 27.1. The molecular formula is C35H43N5O6S. The molecule has 0 bridgehead atoms. The molecule has 1 aliphatic heterocycles. The van der Waals surface area contributed by atoms with E-state index in [1.165, 1.54) is 11.3 Å². The van der Waals surface area contributed by atoms with Gasteiger partial charge in [-0.3, -0.25) is 9.59 Å². The smallest absolute Gasteiger partial charge is 0.332 e. The number of carbonyl (C=O) groups excluding carboxylic acids is 3.